The Kier molecular flexibility index (Phi) is 6.65. The van der Waals surface area contributed by atoms with Crippen LogP contribution in [0.4, 0.5) is 11.4 Å². The first-order chi connectivity index (χ1) is 19.3. The minimum atomic E-state index is 0.667. The van der Waals surface area contributed by atoms with Crippen LogP contribution in [0.1, 0.15) is 43.4 Å². The van der Waals surface area contributed by atoms with Crippen molar-refractivity contribution in [2.75, 3.05) is 11.5 Å². The lowest BCUT2D eigenvalue weighted by molar-refractivity contribution is 1.23. The van der Waals surface area contributed by atoms with Gasteiger partial charge < -0.3 is 11.5 Å². The van der Waals surface area contributed by atoms with Crippen LogP contribution in [0.5, 0.6) is 0 Å². The van der Waals surface area contributed by atoms with Crippen LogP contribution in [0.25, 0.3) is 20.4 Å². The van der Waals surface area contributed by atoms with Crippen LogP contribution in [0, 0.1) is 27.7 Å². The molecular formula is C32H28N6S2. The Morgan fingerprint density at radius 2 is 0.975 bits per heavy atom. The molecule has 2 aromatic carbocycles. The molecule has 4 aromatic heterocycles. The summed E-state index contributed by atoms with van der Waals surface area (Å²) in [4.78, 5) is 13.0. The summed E-state index contributed by atoms with van der Waals surface area (Å²) in [5.41, 5.74) is 22.2. The van der Waals surface area contributed by atoms with Crippen molar-refractivity contribution in [2.45, 2.75) is 27.7 Å². The molecule has 198 valence electrons. The van der Waals surface area contributed by atoms with Crippen molar-refractivity contribution in [1.82, 2.24) is 9.97 Å². The first kappa shape index (κ1) is 25.9. The number of hydrogen-bond donors (Lipinski definition) is 2. The van der Waals surface area contributed by atoms with Crippen LogP contribution in [-0.4, -0.2) is 21.4 Å². The van der Waals surface area contributed by atoms with Crippen molar-refractivity contribution in [3.8, 4) is 0 Å². The van der Waals surface area contributed by atoms with Crippen LogP contribution in [0.3, 0.4) is 0 Å². The quantitative estimate of drug-likeness (QED) is 0.167. The third-order valence-electron chi connectivity index (χ3n) is 6.82. The van der Waals surface area contributed by atoms with E-state index in [1.807, 2.05) is 74.5 Å². The molecule has 4 N–H and O–H groups in total. The second-order valence-electron chi connectivity index (χ2n) is 9.84. The Hall–Kier alpha value is -4.40. The average molecular weight is 561 g/mol. The zero-order valence-electron chi connectivity index (χ0n) is 22.7. The highest BCUT2D eigenvalue weighted by Crippen LogP contribution is 2.38. The zero-order valence-corrected chi connectivity index (χ0v) is 24.3. The molecular weight excluding hydrogens is 533 g/mol. The van der Waals surface area contributed by atoms with Gasteiger partial charge in [-0.3, -0.25) is 0 Å². The summed E-state index contributed by atoms with van der Waals surface area (Å²) < 4.78 is 0. The van der Waals surface area contributed by atoms with Gasteiger partial charge in [0, 0.05) is 33.3 Å². The molecule has 0 aliphatic carbocycles. The molecule has 40 heavy (non-hydrogen) atoms. The number of hydrogen-bond acceptors (Lipinski definition) is 8. The molecule has 6 nitrogen and oxygen atoms in total. The lowest BCUT2D eigenvalue weighted by atomic mass is 10.1. The highest BCUT2D eigenvalue weighted by molar-refractivity contribution is 7.22. The minimum absolute atomic E-state index is 0.667. The second-order valence-corrected chi connectivity index (χ2v) is 11.8. The van der Waals surface area contributed by atoms with Gasteiger partial charge in [-0.15, -0.1) is 32.9 Å². The van der Waals surface area contributed by atoms with Gasteiger partial charge in [-0.1, -0.05) is 60.7 Å². The number of nitrogens with two attached hydrogens (primary N) is 2. The van der Waals surface area contributed by atoms with Crippen molar-refractivity contribution in [3.63, 3.8) is 0 Å². The summed E-state index contributed by atoms with van der Waals surface area (Å²) in [5, 5.41) is 11.8. The Balaban J connectivity index is 1.62. The molecule has 4 heterocycles. The molecule has 0 saturated carbocycles. The third kappa shape index (κ3) is 4.55. The summed E-state index contributed by atoms with van der Waals surface area (Å²) in [6, 6.07) is 24.1. The smallest absolute Gasteiger partial charge is 0.126 e. The molecule has 0 fully saturated rings. The van der Waals surface area contributed by atoms with Crippen molar-refractivity contribution in [1.29, 1.82) is 0 Å². The molecule has 0 atom stereocenters. The Labute approximate surface area is 240 Å². The Bertz CT molecular complexity index is 1810. The van der Waals surface area contributed by atoms with E-state index in [1.54, 1.807) is 22.7 Å². The molecule has 6 rings (SSSR count). The predicted octanol–water partition coefficient (Wildman–Crippen LogP) is 7.59. The molecule has 6 aromatic rings. The molecule has 0 saturated heterocycles. The minimum Gasteiger partial charge on any atom is -0.397 e. The summed E-state index contributed by atoms with van der Waals surface area (Å²) >= 11 is 3.08. The number of anilines is 2. The van der Waals surface area contributed by atoms with Crippen LogP contribution in [0.15, 0.2) is 83.0 Å². The van der Waals surface area contributed by atoms with Crippen molar-refractivity contribution in [3.05, 3.63) is 116 Å². The standard InChI is InChI=1S/C32H28N6S2/c1-17-15-19(3)35-31-23(17)25(33)29(39-31)27(21-11-7-5-8-12-21)37-38-28(22-13-9-6-10-14-22)30-26(34)24-18(2)16-20(4)36-32(24)40-30/h5-16H,33-34H2,1-4H3. The monoisotopic (exact) mass is 560 g/mol. The number of rotatable bonds is 5. The van der Waals surface area contributed by atoms with Crippen LogP contribution in [-0.2, 0) is 0 Å². The first-order valence-electron chi connectivity index (χ1n) is 12.9. The van der Waals surface area contributed by atoms with Crippen LogP contribution in [0.2, 0.25) is 0 Å². The normalized spacial score (nSPS) is 12.5. The Morgan fingerprint density at radius 1 is 0.600 bits per heavy atom. The molecule has 0 spiro atoms. The highest BCUT2D eigenvalue weighted by atomic mass is 32.1. The highest BCUT2D eigenvalue weighted by Gasteiger charge is 2.22. The SMILES string of the molecule is Cc1cc(C)c2c(N)c(C(=NN=C(c3ccccc3)c3sc4nc(C)cc(C)c4c3N)c3ccccc3)sc2n1. The van der Waals surface area contributed by atoms with E-state index in [1.165, 1.54) is 0 Å². The molecule has 0 amide bonds. The van der Waals surface area contributed by atoms with Crippen LogP contribution < -0.4 is 11.5 Å². The first-order valence-corrected chi connectivity index (χ1v) is 14.5. The van der Waals surface area contributed by atoms with Gasteiger partial charge in [0.15, 0.2) is 0 Å². The van der Waals surface area contributed by atoms with Crippen molar-refractivity contribution < 1.29 is 0 Å². The molecule has 0 unspecified atom stereocenters. The van der Waals surface area contributed by atoms with Gasteiger partial charge in [-0.05, 0) is 51.0 Å². The lowest BCUT2D eigenvalue weighted by Crippen LogP contribution is -2.07. The average Bonchev–Trinajstić information content (AvgIpc) is 3.43. The topological polar surface area (TPSA) is 103 Å². The van der Waals surface area contributed by atoms with Gasteiger partial charge in [-0.2, -0.15) is 0 Å². The third-order valence-corrected chi connectivity index (χ3v) is 9.04. The fourth-order valence-electron chi connectivity index (χ4n) is 5.05. The van der Waals surface area contributed by atoms with E-state index in [0.29, 0.717) is 22.8 Å². The van der Waals surface area contributed by atoms with Crippen molar-refractivity contribution >= 4 is 65.9 Å². The van der Waals surface area contributed by atoms with Gasteiger partial charge in [-0.25, -0.2) is 9.97 Å². The van der Waals surface area contributed by atoms with Crippen LogP contribution >= 0.6 is 22.7 Å². The maximum atomic E-state index is 6.78. The van der Waals surface area contributed by atoms with E-state index in [2.05, 4.69) is 26.0 Å². The molecule has 8 heteroatoms. The number of thiophene rings is 2. The fraction of sp³-hybridized carbons (Fsp3) is 0.125. The summed E-state index contributed by atoms with van der Waals surface area (Å²) in [6.07, 6.45) is 0. The van der Waals surface area contributed by atoms with Gasteiger partial charge >= 0.3 is 0 Å². The van der Waals surface area contributed by atoms with E-state index in [0.717, 1.165) is 63.8 Å². The Morgan fingerprint density at radius 3 is 1.35 bits per heavy atom. The number of aromatic nitrogens is 2. The van der Waals surface area contributed by atoms with Gasteiger partial charge in [0.1, 0.15) is 21.1 Å². The number of aryl methyl sites for hydroxylation is 4. The molecule has 0 aliphatic heterocycles. The van der Waals surface area contributed by atoms with E-state index in [4.69, 9.17) is 31.6 Å². The largest absolute Gasteiger partial charge is 0.397 e. The molecule has 0 bridgehead atoms. The van der Waals surface area contributed by atoms with Gasteiger partial charge in [0.25, 0.3) is 0 Å². The fourth-order valence-corrected chi connectivity index (χ4v) is 7.50. The molecule has 0 aliphatic rings. The maximum absolute atomic E-state index is 6.78. The number of fused-ring (bicyclic) bond motifs is 2. The van der Waals surface area contributed by atoms with Gasteiger partial charge in [0.05, 0.1) is 21.1 Å². The van der Waals surface area contributed by atoms with E-state index in [-0.39, 0.29) is 0 Å². The van der Waals surface area contributed by atoms with E-state index in [9.17, 15) is 0 Å². The van der Waals surface area contributed by atoms with Gasteiger partial charge in [0.2, 0.25) is 0 Å². The van der Waals surface area contributed by atoms with Crippen molar-refractivity contribution in [2.24, 2.45) is 10.2 Å². The van der Waals surface area contributed by atoms with E-state index < -0.39 is 0 Å². The number of nitrogens with zero attached hydrogens (tertiary/aromatic N) is 4. The summed E-state index contributed by atoms with van der Waals surface area (Å²) in [6.45, 7) is 8.13. The summed E-state index contributed by atoms with van der Waals surface area (Å²) in [5.74, 6) is 0. The second kappa shape index (κ2) is 10.3. The van der Waals surface area contributed by atoms with E-state index >= 15 is 0 Å². The number of pyridine rings is 2. The predicted molar refractivity (Wildman–Crippen MR) is 171 cm³/mol. The number of benzene rings is 2. The summed E-state index contributed by atoms with van der Waals surface area (Å²) in [7, 11) is 0. The number of nitrogen functional groups attached to an aromatic ring is 2. The lowest BCUT2D eigenvalue weighted by Gasteiger charge is -2.08. The molecule has 0 radical (unpaired) electrons. The maximum Gasteiger partial charge on any atom is 0.126 e. The zero-order chi connectivity index (χ0) is 28.0.